The van der Waals surface area contributed by atoms with Gasteiger partial charge in [0.2, 0.25) is 5.82 Å². The summed E-state index contributed by atoms with van der Waals surface area (Å²) in [6, 6.07) is 2.82. The largest absolute Gasteiger partial charge is 0.394 e. The van der Waals surface area contributed by atoms with Crippen molar-refractivity contribution in [1.82, 2.24) is 4.90 Å². The number of nitro benzene ring substituents is 1. The van der Waals surface area contributed by atoms with Crippen LogP contribution in [0.2, 0.25) is 0 Å². The second-order valence-electron chi connectivity index (χ2n) is 4.40. The first-order chi connectivity index (χ1) is 9.04. The topological polar surface area (TPSA) is 83.7 Å². The molecule has 6 nitrogen and oxygen atoms in total. The fourth-order valence-corrected chi connectivity index (χ4v) is 2.25. The Hall–Kier alpha value is -2.02. The maximum absolute atomic E-state index is 13.5. The van der Waals surface area contributed by atoms with Crippen molar-refractivity contribution < 1.29 is 19.2 Å². The normalized spacial score (nSPS) is 18.6. The van der Waals surface area contributed by atoms with Crippen LogP contribution in [0.4, 0.5) is 10.1 Å². The number of likely N-dealkylation sites (tertiary alicyclic amines) is 1. The van der Waals surface area contributed by atoms with Crippen molar-refractivity contribution in [3.63, 3.8) is 0 Å². The molecule has 1 aliphatic rings. The third kappa shape index (κ3) is 2.55. The van der Waals surface area contributed by atoms with Crippen LogP contribution < -0.4 is 0 Å². The van der Waals surface area contributed by atoms with Gasteiger partial charge in [0, 0.05) is 18.2 Å². The van der Waals surface area contributed by atoms with Crippen LogP contribution in [-0.4, -0.2) is 40.0 Å². The molecule has 1 amide bonds. The van der Waals surface area contributed by atoms with Gasteiger partial charge in [-0.1, -0.05) is 0 Å². The molecule has 1 N–H and O–H groups in total. The lowest BCUT2D eigenvalue weighted by Crippen LogP contribution is -2.37. The van der Waals surface area contributed by atoms with Crippen molar-refractivity contribution in [2.75, 3.05) is 13.2 Å². The lowest BCUT2D eigenvalue weighted by Gasteiger charge is -2.22. The van der Waals surface area contributed by atoms with Crippen LogP contribution >= 0.6 is 0 Å². The lowest BCUT2D eigenvalue weighted by molar-refractivity contribution is -0.387. The van der Waals surface area contributed by atoms with E-state index in [1.54, 1.807) is 0 Å². The summed E-state index contributed by atoms with van der Waals surface area (Å²) >= 11 is 0. The minimum atomic E-state index is -1.03. The lowest BCUT2D eigenvalue weighted by atomic mass is 10.1. The van der Waals surface area contributed by atoms with Gasteiger partial charge in [-0.3, -0.25) is 14.9 Å². The minimum Gasteiger partial charge on any atom is -0.394 e. The number of aliphatic hydroxyl groups excluding tert-OH is 1. The highest BCUT2D eigenvalue weighted by Crippen LogP contribution is 2.23. The van der Waals surface area contributed by atoms with E-state index in [2.05, 4.69) is 0 Å². The number of rotatable bonds is 3. The highest BCUT2D eigenvalue weighted by molar-refractivity contribution is 5.94. The molecule has 2 rings (SSSR count). The van der Waals surface area contributed by atoms with Crippen molar-refractivity contribution in [3.05, 3.63) is 39.7 Å². The molecule has 1 atom stereocenters. The van der Waals surface area contributed by atoms with Crippen LogP contribution in [0.15, 0.2) is 18.2 Å². The van der Waals surface area contributed by atoms with Gasteiger partial charge in [0.15, 0.2) is 0 Å². The van der Waals surface area contributed by atoms with Crippen molar-refractivity contribution in [3.8, 4) is 0 Å². The summed E-state index contributed by atoms with van der Waals surface area (Å²) in [4.78, 5) is 23.3. The molecular formula is C12H13FN2O4. The molecule has 19 heavy (non-hydrogen) atoms. The number of aliphatic hydroxyl groups is 1. The Morgan fingerprint density at radius 1 is 1.58 bits per heavy atom. The summed E-state index contributed by atoms with van der Waals surface area (Å²) in [5.41, 5.74) is -0.597. The molecule has 1 aromatic carbocycles. The number of carbonyl (C=O) groups is 1. The number of nitro groups is 1. The van der Waals surface area contributed by atoms with E-state index in [-0.39, 0.29) is 18.2 Å². The van der Waals surface area contributed by atoms with Gasteiger partial charge < -0.3 is 10.0 Å². The van der Waals surface area contributed by atoms with Gasteiger partial charge in [-0.15, -0.1) is 0 Å². The smallest absolute Gasteiger partial charge is 0.304 e. The Labute approximate surface area is 108 Å². The van der Waals surface area contributed by atoms with Crippen LogP contribution in [-0.2, 0) is 0 Å². The van der Waals surface area contributed by atoms with Gasteiger partial charge in [-0.2, -0.15) is 4.39 Å². The van der Waals surface area contributed by atoms with Crippen LogP contribution in [0.1, 0.15) is 23.2 Å². The third-order valence-corrected chi connectivity index (χ3v) is 3.24. The summed E-state index contributed by atoms with van der Waals surface area (Å²) in [6.07, 6.45) is 1.49. The van der Waals surface area contributed by atoms with E-state index in [0.29, 0.717) is 13.0 Å². The molecule has 1 unspecified atom stereocenters. The molecule has 0 saturated carbocycles. The molecule has 1 heterocycles. The highest BCUT2D eigenvalue weighted by atomic mass is 19.1. The van der Waals surface area contributed by atoms with Crippen LogP contribution in [0.5, 0.6) is 0 Å². The quantitative estimate of drug-likeness (QED) is 0.662. The Morgan fingerprint density at radius 3 is 2.89 bits per heavy atom. The molecule has 1 fully saturated rings. The summed E-state index contributed by atoms with van der Waals surface area (Å²) in [7, 11) is 0. The van der Waals surface area contributed by atoms with Gasteiger partial charge in [0.1, 0.15) is 0 Å². The second-order valence-corrected chi connectivity index (χ2v) is 4.40. The first kappa shape index (κ1) is 13.4. The van der Waals surface area contributed by atoms with Gasteiger partial charge in [-0.05, 0) is 25.0 Å². The predicted octanol–water partition coefficient (Wildman–Crippen LogP) is 1.33. The summed E-state index contributed by atoms with van der Waals surface area (Å²) in [6.45, 7) is 0.365. The number of carbonyl (C=O) groups excluding carboxylic acids is 1. The zero-order valence-corrected chi connectivity index (χ0v) is 10.1. The van der Waals surface area contributed by atoms with Gasteiger partial charge in [0.05, 0.1) is 17.6 Å². The van der Waals surface area contributed by atoms with Gasteiger partial charge in [0.25, 0.3) is 5.91 Å². The average Bonchev–Trinajstić information content (AvgIpc) is 2.85. The van der Waals surface area contributed by atoms with Crippen molar-refractivity contribution in [2.45, 2.75) is 18.9 Å². The average molecular weight is 268 g/mol. The summed E-state index contributed by atoms with van der Waals surface area (Å²) in [5, 5.41) is 19.6. The van der Waals surface area contributed by atoms with Crippen LogP contribution in [0.3, 0.4) is 0 Å². The van der Waals surface area contributed by atoms with E-state index in [1.807, 2.05) is 0 Å². The molecule has 102 valence electrons. The fraction of sp³-hybridized carbons (Fsp3) is 0.417. The molecular weight excluding hydrogens is 255 g/mol. The zero-order chi connectivity index (χ0) is 14.0. The van der Waals surface area contributed by atoms with Gasteiger partial charge in [-0.25, -0.2) is 0 Å². The minimum absolute atomic E-state index is 0.0588. The molecule has 7 heteroatoms. The van der Waals surface area contributed by atoms with E-state index in [9.17, 15) is 19.3 Å². The molecule has 0 spiro atoms. The molecule has 0 aromatic heterocycles. The van der Waals surface area contributed by atoms with E-state index in [0.717, 1.165) is 18.6 Å². The standard InChI is InChI=1S/C12H13FN2O4/c13-10-6-8(3-4-11(10)15(18)19)12(17)14-5-1-2-9(14)7-16/h3-4,6,9,16H,1-2,5,7H2. The van der Waals surface area contributed by atoms with E-state index < -0.39 is 22.3 Å². The van der Waals surface area contributed by atoms with Gasteiger partial charge >= 0.3 is 5.69 Å². The molecule has 1 saturated heterocycles. The second kappa shape index (κ2) is 5.31. The monoisotopic (exact) mass is 268 g/mol. The first-order valence-corrected chi connectivity index (χ1v) is 5.90. The molecule has 0 radical (unpaired) electrons. The van der Waals surface area contributed by atoms with Crippen molar-refractivity contribution in [1.29, 1.82) is 0 Å². The van der Waals surface area contributed by atoms with Crippen molar-refractivity contribution in [2.24, 2.45) is 0 Å². The van der Waals surface area contributed by atoms with E-state index >= 15 is 0 Å². The Balaban J connectivity index is 2.25. The SMILES string of the molecule is O=C(c1ccc([N+](=O)[O-])c(F)c1)N1CCCC1CO. The maximum Gasteiger partial charge on any atom is 0.304 e. The maximum atomic E-state index is 13.5. The van der Waals surface area contributed by atoms with E-state index in [1.165, 1.54) is 11.0 Å². The molecule has 1 aliphatic heterocycles. The number of halogens is 1. The molecule has 1 aromatic rings. The Bertz CT molecular complexity index is 520. The fourth-order valence-electron chi connectivity index (χ4n) is 2.25. The number of nitrogens with zero attached hydrogens (tertiary/aromatic N) is 2. The number of hydrogen-bond acceptors (Lipinski definition) is 4. The number of benzene rings is 1. The van der Waals surface area contributed by atoms with Crippen molar-refractivity contribution >= 4 is 11.6 Å². The number of amides is 1. The highest BCUT2D eigenvalue weighted by Gasteiger charge is 2.29. The molecule has 0 aliphatic carbocycles. The molecule has 0 bridgehead atoms. The van der Waals surface area contributed by atoms with Crippen LogP contribution in [0, 0.1) is 15.9 Å². The summed E-state index contributed by atoms with van der Waals surface area (Å²) in [5.74, 6) is -1.44. The summed E-state index contributed by atoms with van der Waals surface area (Å²) < 4.78 is 13.5. The number of hydrogen-bond donors (Lipinski definition) is 1. The third-order valence-electron chi connectivity index (χ3n) is 3.24. The first-order valence-electron chi connectivity index (χ1n) is 5.90. The zero-order valence-electron chi connectivity index (χ0n) is 10.1. The van der Waals surface area contributed by atoms with Crippen LogP contribution in [0.25, 0.3) is 0 Å². The van der Waals surface area contributed by atoms with E-state index in [4.69, 9.17) is 5.11 Å². The Morgan fingerprint density at radius 2 is 2.32 bits per heavy atom. The Kier molecular flexibility index (Phi) is 3.75. The predicted molar refractivity (Wildman–Crippen MR) is 64.2 cm³/mol.